The van der Waals surface area contributed by atoms with Crippen molar-refractivity contribution in [1.29, 1.82) is 0 Å². The van der Waals surface area contributed by atoms with Crippen LogP contribution in [0.3, 0.4) is 0 Å². The van der Waals surface area contributed by atoms with E-state index in [1.54, 1.807) is 0 Å². The Morgan fingerprint density at radius 3 is 2.33 bits per heavy atom. The lowest BCUT2D eigenvalue weighted by molar-refractivity contribution is 0.482. The van der Waals surface area contributed by atoms with Crippen LogP contribution < -0.4 is 4.18 Å². The molecule has 0 aliphatic heterocycles. The van der Waals surface area contributed by atoms with E-state index in [-0.39, 0.29) is 16.4 Å². The summed E-state index contributed by atoms with van der Waals surface area (Å²) in [7, 11) is -3.58. The highest BCUT2D eigenvalue weighted by Crippen LogP contribution is 2.16. The molecule has 1 N–H and O–H groups in total. The van der Waals surface area contributed by atoms with Crippen molar-refractivity contribution in [2.24, 2.45) is 0 Å². The first-order valence-electron chi connectivity index (χ1n) is 5.57. The standard InChI is InChI=1S/C11H16O5S2/c1-2-3-4-9-18(14,15)16-10-5-7-11(8-6-10)17(12)13/h5-8H,2-4,9H2,1H3,(H,12,13). The molecule has 18 heavy (non-hydrogen) atoms. The fraction of sp³-hybridized carbons (Fsp3) is 0.455. The minimum atomic E-state index is -3.58. The zero-order chi connectivity index (χ0) is 13.6. The molecule has 0 fully saturated rings. The van der Waals surface area contributed by atoms with E-state index >= 15 is 0 Å². The van der Waals surface area contributed by atoms with E-state index in [1.165, 1.54) is 24.3 Å². The molecule has 0 radical (unpaired) electrons. The molecule has 1 atom stereocenters. The molecule has 0 spiro atoms. The summed E-state index contributed by atoms with van der Waals surface area (Å²) in [5.74, 6) is 0.134. The molecule has 102 valence electrons. The Labute approximate surface area is 110 Å². The predicted octanol–water partition coefficient (Wildman–Crippen LogP) is 2.17. The lowest BCUT2D eigenvalue weighted by Gasteiger charge is -2.06. The summed E-state index contributed by atoms with van der Waals surface area (Å²) < 4.78 is 47.5. The van der Waals surface area contributed by atoms with Gasteiger partial charge in [0.1, 0.15) is 5.75 Å². The van der Waals surface area contributed by atoms with E-state index in [1.807, 2.05) is 6.92 Å². The summed E-state index contributed by atoms with van der Waals surface area (Å²) in [5.41, 5.74) is 0. The lowest BCUT2D eigenvalue weighted by atomic mass is 10.3. The molecule has 0 aromatic heterocycles. The van der Waals surface area contributed by atoms with Gasteiger partial charge in [-0.15, -0.1) is 0 Å². The van der Waals surface area contributed by atoms with E-state index < -0.39 is 21.2 Å². The maximum absolute atomic E-state index is 11.6. The molecule has 7 heteroatoms. The van der Waals surface area contributed by atoms with E-state index in [4.69, 9.17) is 8.74 Å². The van der Waals surface area contributed by atoms with Crippen LogP contribution in [0, 0.1) is 0 Å². The van der Waals surface area contributed by atoms with Gasteiger partial charge in [0.2, 0.25) is 0 Å². The summed E-state index contributed by atoms with van der Waals surface area (Å²) >= 11 is -2.07. The van der Waals surface area contributed by atoms with E-state index in [2.05, 4.69) is 0 Å². The summed E-state index contributed by atoms with van der Waals surface area (Å²) in [6, 6.07) is 5.43. The topological polar surface area (TPSA) is 80.7 Å². The van der Waals surface area contributed by atoms with Crippen LogP contribution in [-0.2, 0) is 21.2 Å². The van der Waals surface area contributed by atoms with Crippen molar-refractivity contribution in [2.45, 2.75) is 31.1 Å². The zero-order valence-corrected chi connectivity index (χ0v) is 11.7. The van der Waals surface area contributed by atoms with Crippen LogP contribution in [0.25, 0.3) is 0 Å². The third-order valence-corrected chi connectivity index (χ3v) is 4.16. The van der Waals surface area contributed by atoms with Crippen molar-refractivity contribution in [3.63, 3.8) is 0 Å². The van der Waals surface area contributed by atoms with Crippen LogP contribution in [-0.4, -0.2) is 22.9 Å². The first-order valence-corrected chi connectivity index (χ1v) is 8.26. The minimum Gasteiger partial charge on any atom is -0.382 e. The van der Waals surface area contributed by atoms with Gasteiger partial charge in [-0.1, -0.05) is 19.8 Å². The number of hydrogen-bond acceptors (Lipinski definition) is 4. The Morgan fingerprint density at radius 1 is 1.22 bits per heavy atom. The lowest BCUT2D eigenvalue weighted by Crippen LogP contribution is -2.13. The van der Waals surface area contributed by atoms with Gasteiger partial charge in [-0.25, -0.2) is 4.21 Å². The van der Waals surface area contributed by atoms with Gasteiger partial charge in [-0.2, -0.15) is 8.42 Å². The second-order valence-corrected chi connectivity index (χ2v) is 6.43. The summed E-state index contributed by atoms with van der Waals surface area (Å²) in [5, 5.41) is 0. The average Bonchev–Trinajstić information content (AvgIpc) is 2.29. The smallest absolute Gasteiger partial charge is 0.309 e. The molecule has 1 aromatic carbocycles. The molecule has 0 aliphatic rings. The van der Waals surface area contributed by atoms with Gasteiger partial charge in [0, 0.05) is 0 Å². The van der Waals surface area contributed by atoms with Crippen molar-refractivity contribution >= 4 is 21.2 Å². The van der Waals surface area contributed by atoms with Crippen LogP contribution in [0.5, 0.6) is 5.75 Å². The average molecular weight is 292 g/mol. The number of rotatable bonds is 7. The van der Waals surface area contributed by atoms with Crippen LogP contribution in [0.15, 0.2) is 29.2 Å². The zero-order valence-electron chi connectivity index (χ0n) is 10.0. The maximum atomic E-state index is 11.6. The highest BCUT2D eigenvalue weighted by molar-refractivity contribution is 7.87. The summed E-state index contributed by atoms with van der Waals surface area (Å²) in [4.78, 5) is 0.200. The Bertz CT molecular complexity index is 493. The van der Waals surface area contributed by atoms with Gasteiger partial charge >= 0.3 is 10.1 Å². The van der Waals surface area contributed by atoms with Gasteiger partial charge in [0.05, 0.1) is 10.6 Å². The fourth-order valence-corrected chi connectivity index (χ4v) is 2.74. The molecule has 0 heterocycles. The van der Waals surface area contributed by atoms with Crippen LogP contribution >= 0.6 is 0 Å². The van der Waals surface area contributed by atoms with Crippen molar-refractivity contribution in [3.8, 4) is 5.75 Å². The molecular weight excluding hydrogens is 276 g/mol. The fourth-order valence-electron chi connectivity index (χ4n) is 1.33. The van der Waals surface area contributed by atoms with Crippen molar-refractivity contribution < 1.29 is 21.4 Å². The third kappa shape index (κ3) is 5.16. The van der Waals surface area contributed by atoms with Crippen molar-refractivity contribution in [3.05, 3.63) is 24.3 Å². The van der Waals surface area contributed by atoms with E-state index in [0.29, 0.717) is 6.42 Å². The Balaban J connectivity index is 2.63. The molecule has 0 aliphatic carbocycles. The van der Waals surface area contributed by atoms with Crippen LogP contribution in [0.1, 0.15) is 26.2 Å². The summed E-state index contributed by atoms with van der Waals surface area (Å²) in [6.45, 7) is 1.99. The molecule has 5 nitrogen and oxygen atoms in total. The molecule has 0 bridgehead atoms. The highest BCUT2D eigenvalue weighted by Gasteiger charge is 2.12. The highest BCUT2D eigenvalue weighted by atomic mass is 32.2. The second-order valence-electron chi connectivity index (χ2n) is 3.77. The Hall–Kier alpha value is -0.920. The normalized spacial score (nSPS) is 13.2. The quantitative estimate of drug-likeness (QED) is 0.473. The molecule has 0 amide bonds. The van der Waals surface area contributed by atoms with Crippen LogP contribution in [0.4, 0.5) is 0 Å². The largest absolute Gasteiger partial charge is 0.382 e. The first-order chi connectivity index (χ1) is 8.44. The monoisotopic (exact) mass is 292 g/mol. The molecule has 0 saturated carbocycles. The maximum Gasteiger partial charge on any atom is 0.309 e. The first kappa shape index (κ1) is 15.1. The molecule has 1 unspecified atom stereocenters. The SMILES string of the molecule is CCCCCS(=O)(=O)Oc1ccc(S(=O)O)cc1. The van der Waals surface area contributed by atoms with Crippen molar-refractivity contribution in [2.75, 3.05) is 5.75 Å². The second kappa shape index (κ2) is 6.86. The molecule has 1 rings (SSSR count). The Kier molecular flexibility index (Phi) is 5.77. The minimum absolute atomic E-state index is 0.0193. The van der Waals surface area contributed by atoms with Gasteiger partial charge in [0.25, 0.3) is 0 Å². The summed E-state index contributed by atoms with van der Waals surface area (Å²) in [6.07, 6.45) is 2.34. The van der Waals surface area contributed by atoms with E-state index in [9.17, 15) is 12.6 Å². The molecule has 0 saturated heterocycles. The van der Waals surface area contributed by atoms with Gasteiger partial charge in [0.15, 0.2) is 11.1 Å². The van der Waals surface area contributed by atoms with Gasteiger partial charge in [-0.3, -0.25) is 0 Å². The third-order valence-electron chi connectivity index (χ3n) is 2.25. The number of unbranched alkanes of at least 4 members (excludes halogenated alkanes) is 2. The number of hydrogen-bond donors (Lipinski definition) is 1. The Morgan fingerprint density at radius 2 is 1.83 bits per heavy atom. The van der Waals surface area contributed by atoms with Crippen molar-refractivity contribution in [1.82, 2.24) is 0 Å². The van der Waals surface area contributed by atoms with Gasteiger partial charge in [-0.05, 0) is 30.7 Å². The van der Waals surface area contributed by atoms with Gasteiger partial charge < -0.3 is 8.74 Å². The molecular formula is C11H16O5S2. The number of benzene rings is 1. The van der Waals surface area contributed by atoms with E-state index in [0.717, 1.165) is 12.8 Å². The predicted molar refractivity (Wildman–Crippen MR) is 69.4 cm³/mol. The van der Waals surface area contributed by atoms with Crippen LogP contribution in [0.2, 0.25) is 0 Å². The molecule has 1 aromatic rings.